The van der Waals surface area contributed by atoms with Gasteiger partial charge in [0.1, 0.15) is 5.60 Å². The van der Waals surface area contributed by atoms with Gasteiger partial charge in [0, 0.05) is 19.6 Å². The van der Waals surface area contributed by atoms with E-state index in [1.54, 1.807) is 0 Å². The molecule has 0 radical (unpaired) electrons. The summed E-state index contributed by atoms with van der Waals surface area (Å²) in [6.07, 6.45) is 3.14. The van der Waals surface area contributed by atoms with E-state index >= 15 is 0 Å². The number of likely N-dealkylation sites (tertiary alicyclic amines) is 1. The molecule has 1 aliphatic carbocycles. The lowest BCUT2D eigenvalue weighted by Crippen LogP contribution is -2.47. The minimum Gasteiger partial charge on any atom is -0.469 e. The SMILES string of the molecule is CCNC(=NCC1(O)CCc2ccccc21)N1CCC(C(=O)OC)CC1. The maximum absolute atomic E-state index is 11.7. The Hall–Kier alpha value is -2.08. The number of aryl methyl sites for hydroxylation is 1. The van der Waals surface area contributed by atoms with Crippen molar-refractivity contribution in [2.45, 2.75) is 38.2 Å². The summed E-state index contributed by atoms with van der Waals surface area (Å²) in [4.78, 5) is 18.6. The quantitative estimate of drug-likeness (QED) is 0.486. The van der Waals surface area contributed by atoms with Gasteiger partial charge in [-0.25, -0.2) is 4.99 Å². The first-order chi connectivity index (χ1) is 12.6. The second-order valence-corrected chi connectivity index (χ2v) is 7.14. The van der Waals surface area contributed by atoms with E-state index in [9.17, 15) is 9.90 Å². The van der Waals surface area contributed by atoms with Crippen LogP contribution in [-0.4, -0.2) is 55.2 Å². The molecule has 1 unspecified atom stereocenters. The van der Waals surface area contributed by atoms with Crippen molar-refractivity contribution >= 4 is 11.9 Å². The summed E-state index contributed by atoms with van der Waals surface area (Å²) in [5.41, 5.74) is 1.33. The van der Waals surface area contributed by atoms with Crippen molar-refractivity contribution in [1.29, 1.82) is 0 Å². The van der Waals surface area contributed by atoms with Gasteiger partial charge in [0.05, 0.1) is 19.6 Å². The first-order valence-corrected chi connectivity index (χ1v) is 9.49. The number of esters is 1. The number of hydrogen-bond donors (Lipinski definition) is 2. The summed E-state index contributed by atoms with van der Waals surface area (Å²) in [6, 6.07) is 8.08. The molecular formula is C20H29N3O3. The Bertz CT molecular complexity index is 668. The molecule has 6 nitrogen and oxygen atoms in total. The van der Waals surface area contributed by atoms with E-state index in [0.717, 1.165) is 50.4 Å². The summed E-state index contributed by atoms with van der Waals surface area (Å²) < 4.78 is 4.86. The van der Waals surface area contributed by atoms with E-state index in [0.29, 0.717) is 13.0 Å². The number of nitrogens with zero attached hydrogens (tertiary/aromatic N) is 2. The van der Waals surface area contributed by atoms with E-state index in [4.69, 9.17) is 9.73 Å². The number of aliphatic hydroxyl groups is 1. The van der Waals surface area contributed by atoms with Crippen molar-refractivity contribution in [3.8, 4) is 0 Å². The minimum atomic E-state index is -0.887. The third-order valence-electron chi connectivity index (χ3n) is 5.48. The van der Waals surface area contributed by atoms with E-state index in [2.05, 4.69) is 16.3 Å². The molecule has 0 bridgehead atoms. The second-order valence-electron chi connectivity index (χ2n) is 7.14. The highest BCUT2D eigenvalue weighted by Gasteiger charge is 2.36. The van der Waals surface area contributed by atoms with Crippen molar-refractivity contribution in [2.24, 2.45) is 10.9 Å². The van der Waals surface area contributed by atoms with E-state index < -0.39 is 5.60 Å². The number of fused-ring (bicyclic) bond motifs is 1. The Labute approximate surface area is 155 Å². The molecule has 2 aliphatic rings. The van der Waals surface area contributed by atoms with Crippen molar-refractivity contribution in [3.05, 3.63) is 35.4 Å². The fourth-order valence-electron chi connectivity index (χ4n) is 3.96. The maximum Gasteiger partial charge on any atom is 0.308 e. The van der Waals surface area contributed by atoms with Gasteiger partial charge in [0.15, 0.2) is 5.96 Å². The number of hydrogen-bond acceptors (Lipinski definition) is 4. The number of carbonyl (C=O) groups is 1. The fourth-order valence-corrected chi connectivity index (χ4v) is 3.96. The summed E-state index contributed by atoms with van der Waals surface area (Å²) in [6.45, 7) is 4.69. The Balaban J connectivity index is 1.68. The van der Waals surface area contributed by atoms with Crippen LogP contribution in [0.25, 0.3) is 0 Å². The summed E-state index contributed by atoms with van der Waals surface area (Å²) >= 11 is 0. The van der Waals surface area contributed by atoms with Crippen molar-refractivity contribution < 1.29 is 14.6 Å². The lowest BCUT2D eigenvalue weighted by atomic mass is 9.96. The average molecular weight is 359 g/mol. The van der Waals surface area contributed by atoms with Gasteiger partial charge in [-0.2, -0.15) is 0 Å². The van der Waals surface area contributed by atoms with E-state index in [1.807, 2.05) is 25.1 Å². The van der Waals surface area contributed by atoms with Crippen LogP contribution in [0.5, 0.6) is 0 Å². The Kier molecular flexibility index (Phi) is 5.81. The van der Waals surface area contributed by atoms with Gasteiger partial charge in [-0.1, -0.05) is 24.3 Å². The predicted molar refractivity (Wildman–Crippen MR) is 101 cm³/mol. The Morgan fingerprint density at radius 3 is 2.81 bits per heavy atom. The molecular weight excluding hydrogens is 330 g/mol. The molecule has 0 saturated carbocycles. The molecule has 1 atom stereocenters. The summed E-state index contributed by atoms with van der Waals surface area (Å²) in [5.74, 6) is 0.669. The van der Waals surface area contributed by atoms with E-state index in [1.165, 1.54) is 12.7 Å². The number of piperidine rings is 1. The first-order valence-electron chi connectivity index (χ1n) is 9.49. The van der Waals surface area contributed by atoms with Crippen LogP contribution in [0.1, 0.15) is 37.3 Å². The zero-order valence-electron chi connectivity index (χ0n) is 15.7. The number of nitrogens with one attached hydrogen (secondary N) is 1. The zero-order valence-corrected chi connectivity index (χ0v) is 15.7. The number of benzene rings is 1. The Morgan fingerprint density at radius 2 is 2.12 bits per heavy atom. The van der Waals surface area contributed by atoms with Gasteiger partial charge in [-0.05, 0) is 43.7 Å². The number of methoxy groups -OCH3 is 1. The number of aliphatic imine (C=N–C) groups is 1. The highest BCUT2D eigenvalue weighted by Crippen LogP contribution is 2.37. The molecule has 0 aromatic heterocycles. The third-order valence-corrected chi connectivity index (χ3v) is 5.48. The molecule has 26 heavy (non-hydrogen) atoms. The third kappa shape index (κ3) is 3.85. The lowest BCUT2D eigenvalue weighted by molar-refractivity contribution is -0.146. The molecule has 1 heterocycles. The molecule has 1 fully saturated rings. The number of ether oxygens (including phenoxy) is 1. The maximum atomic E-state index is 11.7. The Morgan fingerprint density at radius 1 is 1.38 bits per heavy atom. The standard InChI is InChI=1S/C20H29N3O3/c1-3-21-19(23-12-9-16(10-13-23)18(24)26-2)22-14-20(25)11-8-15-6-4-5-7-17(15)20/h4-7,16,25H,3,8-14H2,1-2H3,(H,21,22). The predicted octanol–water partition coefficient (Wildman–Crippen LogP) is 1.67. The second kappa shape index (κ2) is 8.08. The van der Waals surface area contributed by atoms with Crippen LogP contribution in [0.15, 0.2) is 29.3 Å². The van der Waals surface area contributed by atoms with Crippen LogP contribution in [0, 0.1) is 5.92 Å². The smallest absolute Gasteiger partial charge is 0.308 e. The van der Waals surface area contributed by atoms with Gasteiger partial charge in [-0.15, -0.1) is 0 Å². The first kappa shape index (κ1) is 18.7. The molecule has 142 valence electrons. The zero-order chi connectivity index (χ0) is 18.6. The van der Waals surface area contributed by atoms with E-state index in [-0.39, 0.29) is 11.9 Å². The molecule has 1 aliphatic heterocycles. The molecule has 0 spiro atoms. The molecule has 2 N–H and O–H groups in total. The molecule has 0 amide bonds. The highest BCUT2D eigenvalue weighted by atomic mass is 16.5. The van der Waals surface area contributed by atoms with Crippen LogP contribution in [-0.2, 0) is 21.6 Å². The van der Waals surface area contributed by atoms with Gasteiger partial charge < -0.3 is 20.1 Å². The molecule has 6 heteroatoms. The normalized spacial score (nSPS) is 23.7. The van der Waals surface area contributed by atoms with Crippen LogP contribution >= 0.6 is 0 Å². The molecule has 1 aromatic carbocycles. The number of rotatable bonds is 4. The van der Waals surface area contributed by atoms with Crippen LogP contribution in [0.4, 0.5) is 0 Å². The van der Waals surface area contributed by atoms with Crippen LogP contribution < -0.4 is 5.32 Å². The van der Waals surface area contributed by atoms with Gasteiger partial charge in [0.25, 0.3) is 0 Å². The van der Waals surface area contributed by atoms with Gasteiger partial charge in [0.2, 0.25) is 0 Å². The molecule has 1 saturated heterocycles. The van der Waals surface area contributed by atoms with Crippen molar-refractivity contribution in [3.63, 3.8) is 0 Å². The van der Waals surface area contributed by atoms with Crippen molar-refractivity contribution in [1.82, 2.24) is 10.2 Å². The fraction of sp³-hybridized carbons (Fsp3) is 0.600. The lowest BCUT2D eigenvalue weighted by Gasteiger charge is -2.33. The topological polar surface area (TPSA) is 74.2 Å². The number of carbonyl (C=O) groups excluding carboxylic acids is 1. The highest BCUT2D eigenvalue weighted by molar-refractivity contribution is 5.80. The van der Waals surface area contributed by atoms with Crippen molar-refractivity contribution in [2.75, 3.05) is 33.3 Å². The monoisotopic (exact) mass is 359 g/mol. The van der Waals surface area contributed by atoms with Gasteiger partial charge >= 0.3 is 5.97 Å². The number of guanidine groups is 1. The van der Waals surface area contributed by atoms with Crippen LogP contribution in [0.2, 0.25) is 0 Å². The summed E-state index contributed by atoms with van der Waals surface area (Å²) in [7, 11) is 1.44. The largest absolute Gasteiger partial charge is 0.469 e. The van der Waals surface area contributed by atoms with Crippen LogP contribution in [0.3, 0.4) is 0 Å². The average Bonchev–Trinajstić information content (AvgIpc) is 3.02. The molecule has 3 rings (SSSR count). The van der Waals surface area contributed by atoms with Gasteiger partial charge in [-0.3, -0.25) is 4.79 Å². The minimum absolute atomic E-state index is 0.0231. The molecule has 1 aromatic rings. The summed E-state index contributed by atoms with van der Waals surface area (Å²) in [5, 5.41) is 14.4.